The minimum Gasteiger partial charge on any atom is -0.309 e. The Hall–Kier alpha value is -1.33. The maximum absolute atomic E-state index is 9.78. The SMILES string of the molecule is CCC(C)C(C#N)(CCN(C)C)c1ccccc1. The molecule has 0 heterocycles. The van der Waals surface area contributed by atoms with E-state index in [1.807, 2.05) is 18.2 Å². The summed E-state index contributed by atoms with van der Waals surface area (Å²) in [6.07, 6.45) is 1.91. The van der Waals surface area contributed by atoms with Crippen LogP contribution in [0.1, 0.15) is 32.3 Å². The number of hydrogen-bond acceptors (Lipinski definition) is 2. The lowest BCUT2D eigenvalue weighted by atomic mass is 9.69. The molecule has 0 spiro atoms. The third-order valence-electron chi connectivity index (χ3n) is 3.90. The van der Waals surface area contributed by atoms with Gasteiger partial charge in [0.05, 0.1) is 11.5 Å². The highest BCUT2D eigenvalue weighted by Crippen LogP contribution is 2.37. The van der Waals surface area contributed by atoms with Crippen molar-refractivity contribution in [1.29, 1.82) is 5.26 Å². The molecule has 0 radical (unpaired) electrons. The van der Waals surface area contributed by atoms with Crippen LogP contribution >= 0.6 is 0 Å². The van der Waals surface area contributed by atoms with Crippen molar-refractivity contribution in [2.75, 3.05) is 20.6 Å². The predicted octanol–water partition coefficient (Wildman–Crippen LogP) is 3.45. The van der Waals surface area contributed by atoms with Crippen molar-refractivity contribution < 1.29 is 0 Å². The van der Waals surface area contributed by atoms with Crippen LogP contribution in [-0.4, -0.2) is 25.5 Å². The van der Waals surface area contributed by atoms with Crippen LogP contribution in [0, 0.1) is 17.2 Å². The van der Waals surface area contributed by atoms with Gasteiger partial charge in [0.25, 0.3) is 0 Å². The fourth-order valence-electron chi connectivity index (χ4n) is 2.39. The molecule has 0 N–H and O–H groups in total. The lowest BCUT2D eigenvalue weighted by molar-refractivity contribution is 0.285. The molecule has 0 aliphatic rings. The summed E-state index contributed by atoms with van der Waals surface area (Å²) in [6, 6.07) is 12.9. The van der Waals surface area contributed by atoms with E-state index in [1.54, 1.807) is 0 Å². The first-order valence-corrected chi connectivity index (χ1v) is 6.68. The molecule has 0 aliphatic heterocycles. The fraction of sp³-hybridized carbons (Fsp3) is 0.562. The molecular weight excluding hydrogens is 220 g/mol. The van der Waals surface area contributed by atoms with Gasteiger partial charge in [-0.1, -0.05) is 50.6 Å². The van der Waals surface area contributed by atoms with E-state index in [-0.39, 0.29) is 5.41 Å². The molecule has 1 rings (SSSR count). The molecule has 0 amide bonds. The first-order valence-electron chi connectivity index (χ1n) is 6.68. The third-order valence-corrected chi connectivity index (χ3v) is 3.90. The van der Waals surface area contributed by atoms with Gasteiger partial charge in [0.2, 0.25) is 0 Å². The van der Waals surface area contributed by atoms with Crippen molar-refractivity contribution in [3.05, 3.63) is 35.9 Å². The Labute approximate surface area is 111 Å². The minimum absolute atomic E-state index is 0.361. The third kappa shape index (κ3) is 3.11. The summed E-state index contributed by atoms with van der Waals surface area (Å²) in [5.41, 5.74) is 0.795. The van der Waals surface area contributed by atoms with E-state index >= 15 is 0 Å². The zero-order chi connectivity index (χ0) is 13.6. The topological polar surface area (TPSA) is 27.0 Å². The summed E-state index contributed by atoms with van der Waals surface area (Å²) < 4.78 is 0. The van der Waals surface area contributed by atoms with Gasteiger partial charge in [-0.3, -0.25) is 0 Å². The van der Waals surface area contributed by atoms with E-state index in [4.69, 9.17) is 0 Å². The van der Waals surface area contributed by atoms with E-state index in [1.165, 1.54) is 0 Å². The van der Waals surface area contributed by atoms with Crippen LogP contribution in [-0.2, 0) is 5.41 Å². The van der Waals surface area contributed by atoms with E-state index in [2.05, 4.69) is 51.0 Å². The Bertz CT molecular complexity index is 391. The maximum Gasteiger partial charge on any atom is 0.0859 e. The van der Waals surface area contributed by atoms with Crippen LogP contribution in [0.2, 0.25) is 0 Å². The zero-order valence-electron chi connectivity index (χ0n) is 12.0. The molecule has 2 unspecified atom stereocenters. The normalized spacial score (nSPS) is 16.0. The van der Waals surface area contributed by atoms with Gasteiger partial charge in [-0.05, 0) is 38.5 Å². The molecule has 1 aromatic carbocycles. The lowest BCUT2D eigenvalue weighted by Crippen LogP contribution is -2.35. The Morgan fingerprint density at radius 1 is 1.28 bits per heavy atom. The van der Waals surface area contributed by atoms with Gasteiger partial charge in [-0.2, -0.15) is 5.26 Å². The number of rotatable bonds is 6. The number of nitrogens with zero attached hydrogens (tertiary/aromatic N) is 2. The average molecular weight is 244 g/mol. The predicted molar refractivity (Wildman–Crippen MR) is 76.4 cm³/mol. The number of nitriles is 1. The molecule has 18 heavy (non-hydrogen) atoms. The van der Waals surface area contributed by atoms with Gasteiger partial charge in [0, 0.05) is 0 Å². The Morgan fingerprint density at radius 3 is 2.33 bits per heavy atom. The van der Waals surface area contributed by atoms with Gasteiger partial charge in [0.1, 0.15) is 0 Å². The second-order valence-electron chi connectivity index (χ2n) is 5.31. The highest BCUT2D eigenvalue weighted by molar-refractivity contribution is 5.33. The van der Waals surface area contributed by atoms with E-state index in [9.17, 15) is 5.26 Å². The Balaban J connectivity index is 3.11. The van der Waals surface area contributed by atoms with Crippen LogP contribution in [0.4, 0.5) is 0 Å². The smallest absolute Gasteiger partial charge is 0.0859 e. The molecule has 0 saturated carbocycles. The largest absolute Gasteiger partial charge is 0.309 e. The lowest BCUT2D eigenvalue weighted by Gasteiger charge is -2.34. The van der Waals surface area contributed by atoms with Crippen molar-refractivity contribution in [2.45, 2.75) is 32.1 Å². The Kier molecular flexibility index (Phi) is 5.37. The highest BCUT2D eigenvalue weighted by Gasteiger charge is 2.36. The van der Waals surface area contributed by atoms with Gasteiger partial charge in [0.15, 0.2) is 0 Å². The van der Waals surface area contributed by atoms with E-state index in [0.717, 1.165) is 24.9 Å². The molecule has 0 fully saturated rings. The zero-order valence-corrected chi connectivity index (χ0v) is 12.0. The summed E-state index contributed by atoms with van der Waals surface area (Å²) in [6.45, 7) is 5.29. The van der Waals surface area contributed by atoms with Crippen LogP contribution in [0.5, 0.6) is 0 Å². The summed E-state index contributed by atoms with van der Waals surface area (Å²) in [5.74, 6) is 0.366. The molecule has 0 aliphatic carbocycles. The molecule has 98 valence electrons. The summed E-state index contributed by atoms with van der Waals surface area (Å²) in [7, 11) is 4.12. The molecule has 2 heteroatoms. The van der Waals surface area contributed by atoms with Crippen molar-refractivity contribution in [3.8, 4) is 6.07 Å². The van der Waals surface area contributed by atoms with Gasteiger partial charge < -0.3 is 4.90 Å². The van der Waals surface area contributed by atoms with Crippen LogP contribution < -0.4 is 0 Å². The number of hydrogen-bond donors (Lipinski definition) is 0. The molecule has 0 saturated heterocycles. The molecule has 0 aromatic heterocycles. The average Bonchev–Trinajstić information content (AvgIpc) is 2.40. The van der Waals surface area contributed by atoms with Crippen molar-refractivity contribution >= 4 is 0 Å². The van der Waals surface area contributed by atoms with E-state index < -0.39 is 0 Å². The van der Waals surface area contributed by atoms with Crippen molar-refractivity contribution in [2.24, 2.45) is 5.92 Å². The molecule has 1 aromatic rings. The second-order valence-corrected chi connectivity index (χ2v) is 5.31. The number of benzene rings is 1. The first kappa shape index (κ1) is 14.7. The van der Waals surface area contributed by atoms with Crippen LogP contribution in [0.3, 0.4) is 0 Å². The van der Waals surface area contributed by atoms with Gasteiger partial charge in [-0.15, -0.1) is 0 Å². The van der Waals surface area contributed by atoms with E-state index in [0.29, 0.717) is 5.92 Å². The molecule has 2 atom stereocenters. The monoisotopic (exact) mass is 244 g/mol. The van der Waals surface area contributed by atoms with Gasteiger partial charge in [-0.25, -0.2) is 0 Å². The van der Waals surface area contributed by atoms with Gasteiger partial charge >= 0.3 is 0 Å². The molecule has 2 nitrogen and oxygen atoms in total. The van der Waals surface area contributed by atoms with Crippen LogP contribution in [0.15, 0.2) is 30.3 Å². The summed E-state index contributed by atoms with van der Waals surface area (Å²) in [5, 5.41) is 9.78. The van der Waals surface area contributed by atoms with Crippen molar-refractivity contribution in [1.82, 2.24) is 4.90 Å². The molecule has 0 bridgehead atoms. The second kappa shape index (κ2) is 6.56. The highest BCUT2D eigenvalue weighted by atomic mass is 15.0. The van der Waals surface area contributed by atoms with Crippen molar-refractivity contribution in [3.63, 3.8) is 0 Å². The maximum atomic E-state index is 9.78. The quantitative estimate of drug-likeness (QED) is 0.766. The standard InChI is InChI=1S/C16H24N2/c1-5-14(2)16(13-17,11-12-18(3)4)15-9-7-6-8-10-15/h6-10,14H,5,11-12H2,1-4H3. The Morgan fingerprint density at radius 2 is 1.89 bits per heavy atom. The first-order chi connectivity index (χ1) is 8.56. The minimum atomic E-state index is -0.361. The summed E-state index contributed by atoms with van der Waals surface area (Å²) >= 11 is 0. The fourth-order valence-corrected chi connectivity index (χ4v) is 2.39. The molecular formula is C16H24N2. The summed E-state index contributed by atoms with van der Waals surface area (Å²) in [4.78, 5) is 2.15. The van der Waals surface area contributed by atoms with Crippen LogP contribution in [0.25, 0.3) is 0 Å².